The molecule has 0 aliphatic rings. The number of primary amides is 1. The van der Waals surface area contributed by atoms with Gasteiger partial charge in [0.15, 0.2) is 0 Å². The fourth-order valence-corrected chi connectivity index (χ4v) is 4.63. The smallest absolute Gasteiger partial charge is 0.261 e. The molecular weight excluding hydrogens is 390 g/mol. The van der Waals surface area contributed by atoms with Crippen molar-refractivity contribution < 1.29 is 4.79 Å². The summed E-state index contributed by atoms with van der Waals surface area (Å²) in [5.74, 6) is -0.531. The Hall–Kier alpha value is -3.03. The largest absolute Gasteiger partial charge is 0.365 e. The van der Waals surface area contributed by atoms with Gasteiger partial charge in [-0.25, -0.2) is 0 Å². The van der Waals surface area contributed by atoms with Crippen LogP contribution in [-0.4, -0.2) is 16.7 Å². The van der Waals surface area contributed by atoms with Crippen molar-refractivity contribution in [3.05, 3.63) is 82.0 Å². The average Bonchev–Trinajstić information content (AvgIpc) is 3.07. The molecule has 140 valence electrons. The van der Waals surface area contributed by atoms with E-state index in [-0.39, 0.29) is 5.56 Å². The molecule has 0 fully saturated rings. The van der Waals surface area contributed by atoms with E-state index in [0.717, 1.165) is 21.7 Å². The van der Waals surface area contributed by atoms with Gasteiger partial charge in [-0.3, -0.25) is 14.2 Å². The number of amides is 1. The maximum atomic E-state index is 12.6. The molecule has 1 amide bonds. The lowest BCUT2D eigenvalue weighted by Crippen LogP contribution is -2.16. The lowest BCUT2D eigenvalue weighted by atomic mass is 10.2. The zero-order valence-electron chi connectivity index (χ0n) is 15.0. The first-order chi connectivity index (χ1) is 13.6. The molecule has 3 N–H and O–H groups in total. The second-order valence-corrected chi connectivity index (χ2v) is 7.97. The molecule has 2 aromatic heterocycles. The van der Waals surface area contributed by atoms with Crippen molar-refractivity contribution in [2.75, 3.05) is 11.6 Å². The number of aromatic nitrogens is 1. The third-order valence-corrected chi connectivity index (χ3v) is 6.25. The quantitative estimate of drug-likeness (QED) is 0.474. The molecular formula is C21H17N3O2S2. The van der Waals surface area contributed by atoms with Gasteiger partial charge in [0.05, 0.1) is 11.4 Å². The number of thioether (sulfide) groups is 1. The van der Waals surface area contributed by atoms with Crippen LogP contribution in [0.25, 0.3) is 15.9 Å². The first-order valence-electron chi connectivity index (χ1n) is 8.53. The molecule has 0 bridgehead atoms. The summed E-state index contributed by atoms with van der Waals surface area (Å²) in [6.07, 6.45) is 2.01. The number of carbonyl (C=O) groups is 1. The van der Waals surface area contributed by atoms with Crippen LogP contribution in [0.5, 0.6) is 0 Å². The Morgan fingerprint density at radius 1 is 1.07 bits per heavy atom. The third kappa shape index (κ3) is 3.30. The van der Waals surface area contributed by atoms with Crippen molar-refractivity contribution in [3.8, 4) is 5.69 Å². The number of fused-ring (bicyclic) bond motifs is 1. The third-order valence-electron chi connectivity index (χ3n) is 4.32. The number of anilines is 2. The van der Waals surface area contributed by atoms with Crippen LogP contribution in [0.4, 0.5) is 11.4 Å². The highest BCUT2D eigenvalue weighted by Gasteiger charge is 2.20. The van der Waals surface area contributed by atoms with Gasteiger partial charge in [0, 0.05) is 22.0 Å². The molecule has 2 heterocycles. The highest BCUT2D eigenvalue weighted by molar-refractivity contribution is 7.98. The maximum Gasteiger partial charge on any atom is 0.261 e. The molecule has 5 nitrogen and oxygen atoms in total. The maximum absolute atomic E-state index is 12.6. The van der Waals surface area contributed by atoms with Crippen molar-refractivity contribution in [2.45, 2.75) is 4.90 Å². The predicted octanol–water partition coefficient (Wildman–Crippen LogP) is 4.62. The van der Waals surface area contributed by atoms with Crippen molar-refractivity contribution in [1.82, 2.24) is 4.57 Å². The minimum atomic E-state index is -0.531. The Kier molecular flexibility index (Phi) is 4.93. The van der Waals surface area contributed by atoms with E-state index in [0.29, 0.717) is 15.4 Å². The van der Waals surface area contributed by atoms with Gasteiger partial charge in [0.1, 0.15) is 9.71 Å². The van der Waals surface area contributed by atoms with Gasteiger partial charge in [-0.1, -0.05) is 24.3 Å². The van der Waals surface area contributed by atoms with Crippen LogP contribution in [0.3, 0.4) is 0 Å². The molecule has 0 saturated heterocycles. The van der Waals surface area contributed by atoms with E-state index in [9.17, 15) is 9.59 Å². The molecule has 0 radical (unpaired) electrons. The minimum Gasteiger partial charge on any atom is -0.365 e. The van der Waals surface area contributed by atoms with Crippen molar-refractivity contribution in [1.29, 1.82) is 0 Å². The molecule has 0 aliphatic heterocycles. The van der Waals surface area contributed by atoms with Crippen LogP contribution >= 0.6 is 23.1 Å². The van der Waals surface area contributed by atoms with Crippen LogP contribution in [0.15, 0.2) is 76.4 Å². The van der Waals surface area contributed by atoms with Crippen LogP contribution in [0.2, 0.25) is 0 Å². The Bertz CT molecular complexity index is 1230. The fourth-order valence-electron chi connectivity index (χ4n) is 3.05. The highest BCUT2D eigenvalue weighted by atomic mass is 32.2. The van der Waals surface area contributed by atoms with E-state index >= 15 is 0 Å². The van der Waals surface area contributed by atoms with Gasteiger partial charge < -0.3 is 11.1 Å². The zero-order chi connectivity index (χ0) is 19.7. The number of hydrogen-bond donors (Lipinski definition) is 2. The van der Waals surface area contributed by atoms with Gasteiger partial charge in [-0.05, 0) is 42.7 Å². The molecule has 2 aromatic carbocycles. The number of benzene rings is 2. The second-order valence-electron chi connectivity index (χ2n) is 6.09. The molecule has 0 unspecified atom stereocenters. The summed E-state index contributed by atoms with van der Waals surface area (Å²) in [5, 5.41) is 4.11. The number of nitrogens with two attached hydrogens (primary N) is 1. The molecule has 7 heteroatoms. The summed E-state index contributed by atoms with van der Waals surface area (Å²) < 4.78 is 1.61. The van der Waals surface area contributed by atoms with E-state index in [1.54, 1.807) is 22.4 Å². The number of nitrogens with zero attached hydrogens (tertiary/aromatic N) is 1. The molecule has 0 spiro atoms. The number of hydrogen-bond acceptors (Lipinski definition) is 5. The van der Waals surface area contributed by atoms with Gasteiger partial charge in [-0.2, -0.15) is 0 Å². The first kappa shape index (κ1) is 18.3. The number of rotatable bonds is 5. The Morgan fingerprint density at radius 2 is 1.86 bits per heavy atom. The Morgan fingerprint density at radius 3 is 2.57 bits per heavy atom. The summed E-state index contributed by atoms with van der Waals surface area (Å²) in [5.41, 5.74) is 7.71. The van der Waals surface area contributed by atoms with E-state index in [1.165, 1.54) is 17.4 Å². The lowest BCUT2D eigenvalue weighted by molar-refractivity contribution is 0.100. The second kappa shape index (κ2) is 7.53. The number of pyridine rings is 1. The number of para-hydroxylation sites is 1. The van der Waals surface area contributed by atoms with Crippen LogP contribution in [0, 0.1) is 0 Å². The van der Waals surface area contributed by atoms with Crippen LogP contribution < -0.4 is 16.6 Å². The average molecular weight is 408 g/mol. The van der Waals surface area contributed by atoms with Gasteiger partial charge >= 0.3 is 0 Å². The Labute approximate surface area is 169 Å². The summed E-state index contributed by atoms with van der Waals surface area (Å²) in [6, 6.07) is 20.5. The lowest BCUT2D eigenvalue weighted by Gasteiger charge is -2.10. The normalized spacial score (nSPS) is 10.9. The summed E-state index contributed by atoms with van der Waals surface area (Å²) >= 11 is 2.85. The molecule has 0 aliphatic carbocycles. The molecule has 4 rings (SSSR count). The zero-order valence-corrected chi connectivity index (χ0v) is 16.6. The van der Waals surface area contributed by atoms with Crippen molar-refractivity contribution >= 4 is 50.6 Å². The van der Waals surface area contributed by atoms with E-state index in [4.69, 9.17) is 5.73 Å². The van der Waals surface area contributed by atoms with Crippen molar-refractivity contribution in [3.63, 3.8) is 0 Å². The summed E-state index contributed by atoms with van der Waals surface area (Å²) in [7, 11) is 0. The van der Waals surface area contributed by atoms with Gasteiger partial charge in [0.25, 0.3) is 11.5 Å². The highest BCUT2D eigenvalue weighted by Crippen LogP contribution is 2.38. The molecule has 0 saturated carbocycles. The SMILES string of the molecule is CSc1cccc(Nc2c(C(N)=O)sc3c2ccc(=O)n3-c2ccccc2)c1. The van der Waals surface area contributed by atoms with Gasteiger partial charge in [-0.15, -0.1) is 23.1 Å². The van der Waals surface area contributed by atoms with E-state index in [2.05, 4.69) is 5.32 Å². The Balaban J connectivity index is 1.94. The van der Waals surface area contributed by atoms with Gasteiger partial charge in [0.2, 0.25) is 0 Å². The predicted molar refractivity (Wildman–Crippen MR) is 117 cm³/mol. The fraction of sp³-hybridized carbons (Fsp3) is 0.0476. The summed E-state index contributed by atoms with van der Waals surface area (Å²) in [4.78, 5) is 26.9. The monoisotopic (exact) mass is 407 g/mol. The van der Waals surface area contributed by atoms with Crippen LogP contribution in [-0.2, 0) is 0 Å². The van der Waals surface area contributed by atoms with Crippen LogP contribution in [0.1, 0.15) is 9.67 Å². The molecule has 0 atom stereocenters. The first-order valence-corrected chi connectivity index (χ1v) is 10.6. The van der Waals surface area contributed by atoms with Crippen molar-refractivity contribution in [2.24, 2.45) is 5.73 Å². The number of thiophene rings is 1. The number of carbonyl (C=O) groups excluding carboxylic acids is 1. The van der Waals surface area contributed by atoms with E-state index in [1.807, 2.05) is 60.9 Å². The molecule has 28 heavy (non-hydrogen) atoms. The minimum absolute atomic E-state index is 0.160. The number of nitrogens with one attached hydrogen (secondary N) is 1. The summed E-state index contributed by atoms with van der Waals surface area (Å²) in [6.45, 7) is 0. The molecule has 4 aromatic rings. The topological polar surface area (TPSA) is 77.1 Å². The standard InChI is InChI=1S/C21H17N3O2S2/c1-27-15-9-5-6-13(12-15)23-18-16-10-11-17(25)24(14-7-3-2-4-8-14)21(16)28-19(18)20(22)26/h2-12,23H,1H3,(H2,22,26). The van der Waals surface area contributed by atoms with E-state index < -0.39 is 5.91 Å².